The minimum atomic E-state index is -0.343. The molecule has 0 saturated carbocycles. The van der Waals surface area contributed by atoms with Gasteiger partial charge in [-0.3, -0.25) is 0 Å². The van der Waals surface area contributed by atoms with E-state index in [1.54, 1.807) is 12.3 Å². The molecular formula is C17H13Cl2NO2. The van der Waals surface area contributed by atoms with E-state index >= 15 is 0 Å². The van der Waals surface area contributed by atoms with Gasteiger partial charge >= 0.3 is 5.97 Å². The van der Waals surface area contributed by atoms with Gasteiger partial charge in [-0.05, 0) is 23.8 Å². The summed E-state index contributed by atoms with van der Waals surface area (Å²) in [6.45, 7) is 0.592. The number of carbonyl (C=O) groups is 1. The first-order chi connectivity index (χ1) is 10.6. The quantitative estimate of drug-likeness (QED) is 0.645. The van der Waals surface area contributed by atoms with Crippen LogP contribution in [0.2, 0.25) is 10.0 Å². The maximum atomic E-state index is 11.9. The molecule has 0 aliphatic carbocycles. The normalized spacial score (nSPS) is 10.9. The van der Waals surface area contributed by atoms with Gasteiger partial charge in [0.2, 0.25) is 0 Å². The molecule has 0 atom stereocenters. The summed E-state index contributed by atoms with van der Waals surface area (Å²) in [5, 5.41) is 1.91. The van der Waals surface area contributed by atoms with Gasteiger partial charge in [0.25, 0.3) is 0 Å². The lowest BCUT2D eigenvalue weighted by Crippen LogP contribution is -2.01. The third kappa shape index (κ3) is 2.70. The van der Waals surface area contributed by atoms with E-state index in [0.717, 1.165) is 16.5 Å². The van der Waals surface area contributed by atoms with E-state index in [1.807, 2.05) is 41.0 Å². The molecule has 0 radical (unpaired) electrons. The van der Waals surface area contributed by atoms with E-state index in [9.17, 15) is 4.79 Å². The van der Waals surface area contributed by atoms with Crippen LogP contribution in [0, 0.1) is 0 Å². The van der Waals surface area contributed by atoms with Crippen LogP contribution in [0.4, 0.5) is 0 Å². The number of halogens is 2. The van der Waals surface area contributed by atoms with Gasteiger partial charge in [-0.15, -0.1) is 0 Å². The lowest BCUT2D eigenvalue weighted by molar-refractivity contribution is 0.0602. The number of aromatic nitrogens is 1. The van der Waals surface area contributed by atoms with Crippen molar-refractivity contribution < 1.29 is 9.53 Å². The first kappa shape index (κ1) is 14.9. The number of nitrogens with zero attached hydrogens (tertiary/aromatic N) is 1. The van der Waals surface area contributed by atoms with Crippen LogP contribution in [-0.2, 0) is 11.3 Å². The predicted molar refractivity (Wildman–Crippen MR) is 88.8 cm³/mol. The Bertz CT molecular complexity index is 855. The van der Waals surface area contributed by atoms with E-state index in [-0.39, 0.29) is 5.97 Å². The number of fused-ring (bicyclic) bond motifs is 1. The highest BCUT2D eigenvalue weighted by atomic mass is 35.5. The highest BCUT2D eigenvalue weighted by molar-refractivity contribution is 6.42. The molecule has 0 fully saturated rings. The first-order valence-corrected chi connectivity index (χ1v) is 7.46. The number of ether oxygens (including phenoxy) is 1. The van der Waals surface area contributed by atoms with E-state index < -0.39 is 0 Å². The molecule has 3 aromatic rings. The van der Waals surface area contributed by atoms with Gasteiger partial charge < -0.3 is 9.30 Å². The second kappa shape index (κ2) is 6.03. The molecule has 0 saturated heterocycles. The third-order valence-corrected chi connectivity index (χ3v) is 4.27. The molecule has 3 nitrogen and oxygen atoms in total. The molecule has 0 unspecified atom stereocenters. The SMILES string of the molecule is COC(=O)c1cn(Cc2ccc(Cl)c(Cl)c2)c2ccccc12. The number of hydrogen-bond acceptors (Lipinski definition) is 2. The number of para-hydroxylation sites is 1. The van der Waals surface area contributed by atoms with Crippen LogP contribution in [0.1, 0.15) is 15.9 Å². The number of hydrogen-bond donors (Lipinski definition) is 0. The predicted octanol–water partition coefficient (Wildman–Crippen LogP) is 4.78. The molecule has 0 bridgehead atoms. The average molecular weight is 334 g/mol. The lowest BCUT2D eigenvalue weighted by atomic mass is 10.2. The Morgan fingerprint density at radius 3 is 2.64 bits per heavy atom. The largest absolute Gasteiger partial charge is 0.465 e. The van der Waals surface area contributed by atoms with Gasteiger partial charge in [0.1, 0.15) is 0 Å². The van der Waals surface area contributed by atoms with Crippen molar-refractivity contribution in [3.8, 4) is 0 Å². The van der Waals surface area contributed by atoms with Crippen LogP contribution >= 0.6 is 23.2 Å². The third-order valence-electron chi connectivity index (χ3n) is 3.53. The molecule has 2 aromatic carbocycles. The topological polar surface area (TPSA) is 31.2 Å². The van der Waals surface area contributed by atoms with Gasteiger partial charge in [-0.25, -0.2) is 4.79 Å². The average Bonchev–Trinajstić information content (AvgIpc) is 2.89. The molecule has 0 amide bonds. The standard InChI is InChI=1S/C17H13Cl2NO2/c1-22-17(21)13-10-20(16-5-3-2-4-12(13)16)9-11-6-7-14(18)15(19)8-11/h2-8,10H,9H2,1H3. The van der Waals surface area contributed by atoms with Crippen LogP contribution < -0.4 is 0 Å². The van der Waals surface area contributed by atoms with Gasteiger partial charge in [-0.2, -0.15) is 0 Å². The molecule has 0 N–H and O–H groups in total. The summed E-state index contributed by atoms with van der Waals surface area (Å²) in [4.78, 5) is 11.9. The van der Waals surface area contributed by atoms with Crippen molar-refractivity contribution in [2.75, 3.05) is 7.11 Å². The summed E-state index contributed by atoms with van der Waals surface area (Å²) in [7, 11) is 1.38. The first-order valence-electron chi connectivity index (χ1n) is 6.70. The molecule has 22 heavy (non-hydrogen) atoms. The van der Waals surface area contributed by atoms with Crippen molar-refractivity contribution in [3.05, 3.63) is 69.8 Å². The van der Waals surface area contributed by atoms with Crippen molar-refractivity contribution in [2.24, 2.45) is 0 Å². The summed E-state index contributed by atoms with van der Waals surface area (Å²) < 4.78 is 6.85. The minimum Gasteiger partial charge on any atom is -0.465 e. The summed E-state index contributed by atoms with van der Waals surface area (Å²) >= 11 is 12.0. The number of esters is 1. The summed E-state index contributed by atoms with van der Waals surface area (Å²) in [5.74, 6) is -0.343. The van der Waals surface area contributed by atoms with E-state index in [2.05, 4.69) is 0 Å². The second-order valence-electron chi connectivity index (χ2n) is 4.93. The molecule has 3 rings (SSSR count). The Kier molecular flexibility index (Phi) is 4.10. The van der Waals surface area contributed by atoms with Crippen LogP contribution in [0.3, 0.4) is 0 Å². The highest BCUT2D eigenvalue weighted by Gasteiger charge is 2.15. The van der Waals surface area contributed by atoms with Crippen LogP contribution in [0.5, 0.6) is 0 Å². The number of carbonyl (C=O) groups excluding carboxylic acids is 1. The van der Waals surface area contributed by atoms with Crippen molar-refractivity contribution in [3.63, 3.8) is 0 Å². The van der Waals surface area contributed by atoms with E-state index in [1.165, 1.54) is 7.11 Å². The fraction of sp³-hybridized carbons (Fsp3) is 0.118. The molecular weight excluding hydrogens is 321 g/mol. The highest BCUT2D eigenvalue weighted by Crippen LogP contribution is 2.26. The molecule has 0 aliphatic rings. The molecule has 1 aromatic heterocycles. The van der Waals surface area contributed by atoms with Crippen molar-refractivity contribution in [1.29, 1.82) is 0 Å². The van der Waals surface area contributed by atoms with Crippen molar-refractivity contribution in [1.82, 2.24) is 4.57 Å². The lowest BCUT2D eigenvalue weighted by Gasteiger charge is -2.06. The molecule has 5 heteroatoms. The Morgan fingerprint density at radius 1 is 1.14 bits per heavy atom. The molecule has 112 valence electrons. The molecule has 1 heterocycles. The second-order valence-corrected chi connectivity index (χ2v) is 5.74. The fourth-order valence-corrected chi connectivity index (χ4v) is 2.81. The van der Waals surface area contributed by atoms with E-state index in [0.29, 0.717) is 22.2 Å². The number of benzene rings is 2. The Morgan fingerprint density at radius 2 is 1.91 bits per heavy atom. The maximum Gasteiger partial charge on any atom is 0.340 e. The zero-order valence-corrected chi connectivity index (χ0v) is 13.4. The fourth-order valence-electron chi connectivity index (χ4n) is 2.48. The smallest absolute Gasteiger partial charge is 0.340 e. The monoisotopic (exact) mass is 333 g/mol. The van der Waals surface area contributed by atoms with Crippen molar-refractivity contribution in [2.45, 2.75) is 6.54 Å². The Labute approximate surface area is 138 Å². The zero-order chi connectivity index (χ0) is 15.7. The van der Waals surface area contributed by atoms with Crippen LogP contribution in [0.25, 0.3) is 10.9 Å². The molecule has 0 spiro atoms. The van der Waals surface area contributed by atoms with Gasteiger partial charge in [-0.1, -0.05) is 47.5 Å². The summed E-state index contributed by atoms with van der Waals surface area (Å²) in [6.07, 6.45) is 1.80. The van der Waals surface area contributed by atoms with Gasteiger partial charge in [0.05, 0.1) is 22.7 Å². The van der Waals surface area contributed by atoms with Crippen LogP contribution in [-0.4, -0.2) is 17.6 Å². The van der Waals surface area contributed by atoms with Gasteiger partial charge in [0.15, 0.2) is 0 Å². The maximum absolute atomic E-state index is 11.9. The van der Waals surface area contributed by atoms with E-state index in [4.69, 9.17) is 27.9 Å². The molecule has 0 aliphatic heterocycles. The Hall–Kier alpha value is -1.97. The van der Waals surface area contributed by atoms with Crippen LogP contribution in [0.15, 0.2) is 48.7 Å². The number of rotatable bonds is 3. The zero-order valence-electron chi connectivity index (χ0n) is 11.8. The summed E-state index contributed by atoms with van der Waals surface area (Å²) in [6, 6.07) is 13.2. The van der Waals surface area contributed by atoms with Crippen molar-refractivity contribution >= 4 is 40.1 Å². The number of methoxy groups -OCH3 is 1. The summed E-state index contributed by atoms with van der Waals surface area (Å²) in [5.41, 5.74) is 2.53. The minimum absolute atomic E-state index is 0.343. The van der Waals surface area contributed by atoms with Gasteiger partial charge in [0, 0.05) is 23.6 Å². The Balaban J connectivity index is 2.07.